The third kappa shape index (κ3) is 3.24. The van der Waals surface area contributed by atoms with Gasteiger partial charge >= 0.3 is 0 Å². The lowest BCUT2D eigenvalue weighted by atomic mass is 9.91. The Morgan fingerprint density at radius 3 is 2.81 bits per heavy atom. The summed E-state index contributed by atoms with van der Waals surface area (Å²) in [5.41, 5.74) is 3.89. The molecule has 1 atom stereocenters. The lowest BCUT2D eigenvalue weighted by molar-refractivity contribution is 0.564. The second kappa shape index (κ2) is 6.72. The number of allylic oxidation sites excluding steroid dienone is 1. The molecule has 1 aromatic heterocycles. The Morgan fingerprint density at radius 1 is 1.24 bits per heavy atom. The number of rotatable bonds is 5. The van der Waals surface area contributed by atoms with Crippen LogP contribution in [0.2, 0.25) is 0 Å². The summed E-state index contributed by atoms with van der Waals surface area (Å²) >= 11 is 0. The van der Waals surface area contributed by atoms with E-state index >= 15 is 0 Å². The van der Waals surface area contributed by atoms with Crippen molar-refractivity contribution in [3.63, 3.8) is 0 Å². The number of aromatic nitrogens is 2. The molecule has 1 aliphatic rings. The van der Waals surface area contributed by atoms with Gasteiger partial charge in [0.05, 0.1) is 17.9 Å². The second-order valence-electron chi connectivity index (χ2n) is 5.57. The Labute approximate surface area is 126 Å². The van der Waals surface area contributed by atoms with E-state index < -0.39 is 0 Å². The van der Waals surface area contributed by atoms with Gasteiger partial charge in [-0.25, -0.2) is 4.68 Å². The van der Waals surface area contributed by atoms with Crippen LogP contribution >= 0.6 is 0 Å². The summed E-state index contributed by atoms with van der Waals surface area (Å²) in [6.07, 6.45) is 11.6. The molecule has 0 radical (unpaired) electrons. The van der Waals surface area contributed by atoms with Crippen LogP contribution in [0.1, 0.15) is 44.2 Å². The van der Waals surface area contributed by atoms with Gasteiger partial charge < -0.3 is 5.32 Å². The van der Waals surface area contributed by atoms with Gasteiger partial charge in [0.15, 0.2) is 0 Å². The molecule has 2 aromatic rings. The van der Waals surface area contributed by atoms with Gasteiger partial charge in [0.2, 0.25) is 0 Å². The topological polar surface area (TPSA) is 29.9 Å². The number of nitrogens with one attached hydrogen (secondary N) is 1. The lowest BCUT2D eigenvalue weighted by Crippen LogP contribution is -2.23. The molecule has 0 saturated carbocycles. The van der Waals surface area contributed by atoms with E-state index in [0.717, 1.165) is 12.2 Å². The average molecular weight is 281 g/mol. The van der Waals surface area contributed by atoms with Crippen LogP contribution in [0, 0.1) is 0 Å². The minimum absolute atomic E-state index is 0.313. The highest BCUT2D eigenvalue weighted by Crippen LogP contribution is 2.29. The first kappa shape index (κ1) is 14.1. The van der Waals surface area contributed by atoms with Gasteiger partial charge in [-0.15, -0.1) is 0 Å². The summed E-state index contributed by atoms with van der Waals surface area (Å²) in [6.45, 7) is 3.14. The van der Waals surface area contributed by atoms with Crippen molar-refractivity contribution in [3.05, 3.63) is 59.9 Å². The normalized spacial score (nSPS) is 16.5. The number of hydrogen-bond donors (Lipinski definition) is 1. The summed E-state index contributed by atoms with van der Waals surface area (Å²) < 4.78 is 1.96. The highest BCUT2D eigenvalue weighted by molar-refractivity contribution is 5.33. The predicted molar refractivity (Wildman–Crippen MR) is 86.5 cm³/mol. The molecule has 3 nitrogen and oxygen atoms in total. The number of hydrogen-bond acceptors (Lipinski definition) is 2. The maximum absolute atomic E-state index is 4.53. The van der Waals surface area contributed by atoms with Crippen LogP contribution in [-0.2, 0) is 0 Å². The quantitative estimate of drug-likeness (QED) is 0.839. The highest BCUT2D eigenvalue weighted by Gasteiger charge is 2.19. The van der Waals surface area contributed by atoms with E-state index in [0.29, 0.717) is 6.04 Å². The molecule has 0 spiro atoms. The Kier molecular flexibility index (Phi) is 4.51. The highest BCUT2D eigenvalue weighted by atomic mass is 15.3. The van der Waals surface area contributed by atoms with Crippen LogP contribution in [0.4, 0.5) is 0 Å². The lowest BCUT2D eigenvalue weighted by Gasteiger charge is -2.23. The van der Waals surface area contributed by atoms with E-state index in [9.17, 15) is 0 Å². The maximum atomic E-state index is 4.53. The monoisotopic (exact) mass is 281 g/mol. The van der Waals surface area contributed by atoms with E-state index in [1.165, 1.54) is 36.8 Å². The summed E-state index contributed by atoms with van der Waals surface area (Å²) in [4.78, 5) is 0. The fourth-order valence-electron chi connectivity index (χ4n) is 3.00. The molecule has 1 N–H and O–H groups in total. The molecular formula is C18H23N3. The summed E-state index contributed by atoms with van der Waals surface area (Å²) in [6, 6.07) is 10.6. The van der Waals surface area contributed by atoms with Gasteiger partial charge in [-0.05, 0) is 44.4 Å². The van der Waals surface area contributed by atoms with E-state index in [2.05, 4.69) is 41.7 Å². The van der Waals surface area contributed by atoms with Crippen LogP contribution in [-0.4, -0.2) is 16.3 Å². The van der Waals surface area contributed by atoms with Gasteiger partial charge in [-0.3, -0.25) is 0 Å². The van der Waals surface area contributed by atoms with Crippen molar-refractivity contribution in [2.75, 3.05) is 6.54 Å². The Morgan fingerprint density at radius 2 is 2.10 bits per heavy atom. The first-order chi connectivity index (χ1) is 10.4. The number of nitrogens with zero attached hydrogens (tertiary/aromatic N) is 2. The zero-order valence-electron chi connectivity index (χ0n) is 12.6. The van der Waals surface area contributed by atoms with Gasteiger partial charge in [0, 0.05) is 11.8 Å². The molecular weight excluding hydrogens is 258 g/mol. The van der Waals surface area contributed by atoms with Crippen LogP contribution in [0.25, 0.3) is 5.69 Å². The zero-order valence-corrected chi connectivity index (χ0v) is 12.6. The standard InChI is InChI=1S/C18H23N3/c1-2-19-18(15-9-5-3-6-10-15)16-13-20-21(14-16)17-11-7-4-8-12-17/h4,7-9,11-14,18-19H,2-3,5-6,10H2,1H3. The van der Waals surface area contributed by atoms with Crippen LogP contribution < -0.4 is 5.32 Å². The molecule has 0 aliphatic heterocycles. The second-order valence-corrected chi connectivity index (χ2v) is 5.57. The van der Waals surface area contributed by atoms with Crippen molar-refractivity contribution >= 4 is 0 Å². The molecule has 3 heteroatoms. The largest absolute Gasteiger partial charge is 0.307 e. The molecule has 1 unspecified atom stereocenters. The van der Waals surface area contributed by atoms with E-state index in [1.807, 2.05) is 29.1 Å². The Hall–Kier alpha value is -1.87. The summed E-state index contributed by atoms with van der Waals surface area (Å²) in [7, 11) is 0. The molecule has 110 valence electrons. The molecule has 21 heavy (non-hydrogen) atoms. The van der Waals surface area contributed by atoms with Crippen molar-refractivity contribution in [3.8, 4) is 5.69 Å². The molecule has 0 bridgehead atoms. The van der Waals surface area contributed by atoms with Crippen LogP contribution in [0.3, 0.4) is 0 Å². The molecule has 3 rings (SSSR count). The maximum Gasteiger partial charge on any atom is 0.0645 e. The van der Waals surface area contributed by atoms with Crippen molar-refractivity contribution in [2.24, 2.45) is 0 Å². The van der Waals surface area contributed by atoms with E-state index in [4.69, 9.17) is 0 Å². The third-order valence-electron chi connectivity index (χ3n) is 4.06. The molecule has 1 heterocycles. The molecule has 1 aromatic carbocycles. The summed E-state index contributed by atoms with van der Waals surface area (Å²) in [5, 5.41) is 8.15. The fraction of sp³-hybridized carbons (Fsp3) is 0.389. The van der Waals surface area contributed by atoms with Crippen molar-refractivity contribution in [1.29, 1.82) is 0 Å². The van der Waals surface area contributed by atoms with Crippen molar-refractivity contribution in [1.82, 2.24) is 15.1 Å². The van der Waals surface area contributed by atoms with Gasteiger partial charge in [0.1, 0.15) is 0 Å². The number of para-hydroxylation sites is 1. The molecule has 0 saturated heterocycles. The van der Waals surface area contributed by atoms with Crippen LogP contribution in [0.15, 0.2) is 54.4 Å². The van der Waals surface area contributed by atoms with Crippen molar-refractivity contribution in [2.45, 2.75) is 38.6 Å². The minimum Gasteiger partial charge on any atom is -0.307 e. The number of likely N-dealkylation sites (N-methyl/N-ethyl adjacent to an activating group) is 1. The smallest absolute Gasteiger partial charge is 0.0645 e. The fourth-order valence-corrected chi connectivity index (χ4v) is 3.00. The summed E-state index contributed by atoms with van der Waals surface area (Å²) in [5.74, 6) is 0. The zero-order chi connectivity index (χ0) is 14.5. The van der Waals surface area contributed by atoms with E-state index in [-0.39, 0.29) is 0 Å². The van der Waals surface area contributed by atoms with Crippen LogP contribution in [0.5, 0.6) is 0 Å². The van der Waals surface area contributed by atoms with Gasteiger partial charge in [0.25, 0.3) is 0 Å². The SMILES string of the molecule is CCNC(C1=CCCCC1)c1cnn(-c2ccccc2)c1. The molecule has 1 aliphatic carbocycles. The number of benzene rings is 1. The first-order valence-corrected chi connectivity index (χ1v) is 7.91. The Balaban J connectivity index is 1.87. The van der Waals surface area contributed by atoms with E-state index in [1.54, 1.807) is 0 Å². The third-order valence-corrected chi connectivity index (χ3v) is 4.06. The minimum atomic E-state index is 0.313. The van der Waals surface area contributed by atoms with Gasteiger partial charge in [-0.1, -0.05) is 36.8 Å². The predicted octanol–water partition coefficient (Wildman–Crippen LogP) is 4.02. The molecule has 0 fully saturated rings. The first-order valence-electron chi connectivity index (χ1n) is 7.91. The van der Waals surface area contributed by atoms with Crippen molar-refractivity contribution < 1.29 is 0 Å². The molecule has 0 amide bonds. The Bertz CT molecular complexity index is 598. The van der Waals surface area contributed by atoms with Gasteiger partial charge in [-0.2, -0.15) is 5.10 Å². The average Bonchev–Trinajstić information content (AvgIpc) is 3.04.